The molecule has 0 radical (unpaired) electrons. The molecule has 0 spiro atoms. The molecule has 0 fully saturated rings. The third kappa shape index (κ3) is 11.5. The van der Waals surface area contributed by atoms with E-state index in [-0.39, 0.29) is 5.48 Å². The van der Waals surface area contributed by atoms with Crippen LogP contribution in [0.4, 0.5) is 0 Å². The van der Waals surface area contributed by atoms with Gasteiger partial charge in [0, 0.05) is 0 Å². The molecule has 2 nitrogen and oxygen atoms in total. The Morgan fingerprint density at radius 3 is 1.80 bits per heavy atom. The minimum absolute atomic E-state index is 0. The summed E-state index contributed by atoms with van der Waals surface area (Å²) >= 11 is 0.823. The van der Waals surface area contributed by atoms with Gasteiger partial charge in [-0.25, -0.2) is 0 Å². The summed E-state index contributed by atoms with van der Waals surface area (Å²) in [5, 5.41) is 7.92. The molecule has 0 aromatic rings. The van der Waals surface area contributed by atoms with Gasteiger partial charge in [0.05, 0.1) is 0 Å². The molecule has 28 valence electrons. The van der Waals surface area contributed by atoms with Crippen molar-refractivity contribution in [3.63, 3.8) is 0 Å². The molecule has 0 aliphatic carbocycles. The number of aliphatic hydroxyl groups is 1. The molecular weight excluding hydrogens is 257 g/mol. The van der Waals surface area contributed by atoms with Crippen LogP contribution in [0, 0.1) is 0 Å². The normalized spacial score (nSPS) is 6.20. The monoisotopic (exact) mass is 264 g/mol. The number of aliphatic hydroxyl groups excluding tert-OH is 1. The minimum atomic E-state index is 0. The molecule has 0 bridgehead atoms. The summed E-state index contributed by atoms with van der Waals surface area (Å²) in [5.41, 5.74) is 0. The maximum Gasteiger partial charge on any atom is -0.870 e. The third-order valence-corrected chi connectivity index (χ3v) is 1.39. The smallest absolute Gasteiger partial charge is 0.870 e. The molecule has 2 N–H and O–H groups in total. The Bertz CT molecular complexity index is 9.61. The Hall–Kier alpha value is 0.855. The van der Waals surface area contributed by atoms with Crippen LogP contribution in [-0.4, -0.2) is 17.2 Å². The summed E-state index contributed by atoms with van der Waals surface area (Å²) in [4.78, 5) is 0. The number of rotatable bonds is 1. The van der Waals surface area contributed by atoms with Crippen molar-refractivity contribution >= 4 is 0 Å². The minimum Gasteiger partial charge on any atom is -0.870 e. The van der Waals surface area contributed by atoms with Crippen LogP contribution in [0.3, 0.4) is 0 Å². The summed E-state index contributed by atoms with van der Waals surface area (Å²) in [7, 11) is 0. The van der Waals surface area contributed by atoms with E-state index in [0.717, 1.165) is 30.1 Å². The van der Waals surface area contributed by atoms with Crippen molar-refractivity contribution in [3.8, 4) is 0 Å². The van der Waals surface area contributed by atoms with Gasteiger partial charge in [0.1, 0.15) is 0 Å². The standard InChI is InChI=1S/C2H5O.Hg.H2O/c1-2-3;;/h3H,1-2H2;;1H2/q;+1;/p-1. The van der Waals surface area contributed by atoms with Crippen LogP contribution in [-0.2, 0) is 26.1 Å². The molecule has 3 heteroatoms. The Morgan fingerprint density at radius 1 is 1.60 bits per heavy atom. The van der Waals surface area contributed by atoms with Gasteiger partial charge in [-0.15, -0.1) is 0 Å². The van der Waals surface area contributed by atoms with Gasteiger partial charge in [0.15, 0.2) is 0 Å². The first-order valence-electron chi connectivity index (χ1n) is 1.32. The van der Waals surface area contributed by atoms with Crippen molar-refractivity contribution in [1.29, 1.82) is 0 Å². The predicted octanol–water partition coefficient (Wildman–Crippen LogP) is -0.233. The first-order valence-corrected chi connectivity index (χ1v) is 5.20. The van der Waals surface area contributed by atoms with E-state index in [1.807, 2.05) is 0 Å². The summed E-state index contributed by atoms with van der Waals surface area (Å²) in [6.07, 6.45) is 0. The van der Waals surface area contributed by atoms with Crippen molar-refractivity contribution in [2.45, 2.75) is 3.93 Å². The maximum atomic E-state index is 7.92. The average Bonchev–Trinajstić information content (AvgIpc) is 1.37. The van der Waals surface area contributed by atoms with Crippen LogP contribution in [0.5, 0.6) is 0 Å². The summed E-state index contributed by atoms with van der Waals surface area (Å²) in [5.74, 6) is 0. The number of hydrogen-bond acceptors (Lipinski definition) is 2. The molecule has 5 heavy (non-hydrogen) atoms. The second-order valence-corrected chi connectivity index (χ2v) is 3.33. The van der Waals surface area contributed by atoms with E-state index in [4.69, 9.17) is 5.11 Å². The van der Waals surface area contributed by atoms with Crippen molar-refractivity contribution < 1.29 is 36.7 Å². The Morgan fingerprint density at radius 2 is 1.80 bits per heavy atom. The zero-order valence-electron chi connectivity index (χ0n) is 3.02. The maximum absolute atomic E-state index is 7.92. The zero-order chi connectivity index (χ0) is 3.41. The summed E-state index contributed by atoms with van der Waals surface area (Å²) < 4.78 is 1.07. The van der Waals surface area contributed by atoms with Gasteiger partial charge in [-0.2, -0.15) is 0 Å². The number of hydrogen-bond donors (Lipinski definition) is 1. The molecule has 0 saturated carbocycles. The van der Waals surface area contributed by atoms with Gasteiger partial charge in [-0.1, -0.05) is 0 Å². The van der Waals surface area contributed by atoms with Gasteiger partial charge in [-0.3, -0.25) is 0 Å². The SMILES string of the molecule is OC[CH2][Hg+].[OH-]. The third-order valence-electron chi connectivity index (χ3n) is 0.158. The molecule has 0 aliphatic rings. The van der Waals surface area contributed by atoms with E-state index in [1.54, 1.807) is 0 Å². The van der Waals surface area contributed by atoms with Gasteiger partial charge in [-0.05, 0) is 0 Å². The van der Waals surface area contributed by atoms with Crippen LogP contribution in [0.2, 0.25) is 3.93 Å². The predicted molar refractivity (Wildman–Crippen MR) is 13.8 cm³/mol. The van der Waals surface area contributed by atoms with Crippen molar-refractivity contribution in [2.24, 2.45) is 0 Å². The van der Waals surface area contributed by atoms with E-state index in [0.29, 0.717) is 6.61 Å². The zero-order valence-corrected chi connectivity index (χ0v) is 8.51. The van der Waals surface area contributed by atoms with E-state index >= 15 is 0 Å². The van der Waals surface area contributed by atoms with Crippen LogP contribution in [0.15, 0.2) is 0 Å². The van der Waals surface area contributed by atoms with Crippen LogP contribution < -0.4 is 0 Å². The Labute approximate surface area is 47.5 Å². The molecule has 0 aromatic heterocycles. The molecule has 0 saturated heterocycles. The topological polar surface area (TPSA) is 50.2 Å². The van der Waals surface area contributed by atoms with Crippen molar-refractivity contribution in [2.75, 3.05) is 6.61 Å². The second kappa shape index (κ2) is 8.85. The van der Waals surface area contributed by atoms with E-state index < -0.39 is 0 Å². The van der Waals surface area contributed by atoms with Crippen LogP contribution >= 0.6 is 0 Å². The van der Waals surface area contributed by atoms with Crippen molar-refractivity contribution in [1.82, 2.24) is 0 Å². The van der Waals surface area contributed by atoms with Gasteiger partial charge in [0.25, 0.3) is 0 Å². The average molecular weight is 263 g/mol. The first-order chi connectivity index (χ1) is 1.91. The fourth-order valence-electron chi connectivity index (χ4n) is 0. The van der Waals surface area contributed by atoms with Crippen LogP contribution in [0.25, 0.3) is 0 Å². The van der Waals surface area contributed by atoms with E-state index in [9.17, 15) is 0 Å². The molecular formula is C2H6HgO2. The van der Waals surface area contributed by atoms with E-state index in [2.05, 4.69) is 0 Å². The summed E-state index contributed by atoms with van der Waals surface area (Å²) in [6.45, 7) is 0.406. The molecule has 0 aliphatic heterocycles. The Kier molecular flexibility index (Phi) is 16.4. The fraction of sp³-hybridized carbons (Fsp3) is 1.00. The molecule has 0 heterocycles. The largest absolute Gasteiger partial charge is 0.870 e. The van der Waals surface area contributed by atoms with Crippen LogP contribution in [0.1, 0.15) is 0 Å². The van der Waals surface area contributed by atoms with Crippen molar-refractivity contribution in [3.05, 3.63) is 0 Å². The van der Waals surface area contributed by atoms with Gasteiger partial charge in [0.2, 0.25) is 0 Å². The first kappa shape index (κ1) is 9.29. The van der Waals surface area contributed by atoms with Gasteiger partial charge >= 0.3 is 41.8 Å². The molecule has 0 atom stereocenters. The molecule has 0 unspecified atom stereocenters. The van der Waals surface area contributed by atoms with E-state index in [1.165, 1.54) is 0 Å². The molecule has 0 amide bonds. The Balaban J connectivity index is 0. The quantitative estimate of drug-likeness (QED) is 0.664. The molecule has 0 rings (SSSR count). The second-order valence-electron chi connectivity index (χ2n) is 0.577. The fourth-order valence-corrected chi connectivity index (χ4v) is 0. The summed E-state index contributed by atoms with van der Waals surface area (Å²) in [6, 6.07) is 0. The molecule has 0 aromatic carbocycles. The van der Waals surface area contributed by atoms with Gasteiger partial charge < -0.3 is 5.48 Å².